The van der Waals surface area contributed by atoms with E-state index in [1.54, 1.807) is 6.07 Å². The number of sulfone groups is 1. The molecule has 0 unspecified atom stereocenters. The van der Waals surface area contributed by atoms with Crippen LogP contribution in [0.4, 0.5) is 0 Å². The number of rotatable bonds is 4. The maximum Gasteiger partial charge on any atom is 0.251 e. The van der Waals surface area contributed by atoms with Crippen molar-refractivity contribution in [3.8, 4) is 11.8 Å². The van der Waals surface area contributed by atoms with Crippen molar-refractivity contribution in [2.45, 2.75) is 0 Å². The van der Waals surface area contributed by atoms with E-state index < -0.39 is 15.7 Å². The molecule has 7 heteroatoms. The van der Waals surface area contributed by atoms with E-state index in [-0.39, 0.29) is 18.9 Å². The van der Waals surface area contributed by atoms with Crippen molar-refractivity contribution in [3.05, 3.63) is 34.3 Å². The zero-order chi connectivity index (χ0) is 15.2. The number of aliphatic hydroxyl groups is 1. The van der Waals surface area contributed by atoms with Gasteiger partial charge in [-0.25, -0.2) is 8.42 Å². The number of nitrogens with one attached hydrogen (secondary N) is 1. The molecule has 0 aromatic heterocycles. The minimum absolute atomic E-state index is 0.0430. The average Bonchev–Trinajstić information content (AvgIpc) is 2.35. The van der Waals surface area contributed by atoms with Crippen LogP contribution in [0.5, 0.6) is 0 Å². The fraction of sp³-hybridized carbons (Fsp3) is 0.308. The van der Waals surface area contributed by atoms with E-state index in [1.807, 2.05) is 0 Å². The highest BCUT2D eigenvalue weighted by Gasteiger charge is 2.09. The third-order valence-corrected chi connectivity index (χ3v) is 3.55. The van der Waals surface area contributed by atoms with Gasteiger partial charge in [0.1, 0.15) is 16.4 Å². The van der Waals surface area contributed by atoms with Gasteiger partial charge in [-0.05, 0) is 18.2 Å². The van der Waals surface area contributed by atoms with Gasteiger partial charge in [0.05, 0.1) is 10.8 Å². The van der Waals surface area contributed by atoms with Gasteiger partial charge in [0.25, 0.3) is 5.91 Å². The number of hydrogen-bond acceptors (Lipinski definition) is 4. The molecule has 0 aliphatic rings. The summed E-state index contributed by atoms with van der Waals surface area (Å²) in [5, 5.41) is 11.4. The number of hydrogen-bond donors (Lipinski definition) is 2. The molecule has 108 valence electrons. The van der Waals surface area contributed by atoms with E-state index in [2.05, 4.69) is 17.2 Å². The van der Waals surface area contributed by atoms with Gasteiger partial charge in [-0.1, -0.05) is 23.4 Å². The van der Waals surface area contributed by atoms with Gasteiger partial charge in [-0.15, -0.1) is 0 Å². The fourth-order valence-electron chi connectivity index (χ4n) is 1.34. The average molecular weight is 316 g/mol. The third kappa shape index (κ3) is 5.61. The molecule has 20 heavy (non-hydrogen) atoms. The summed E-state index contributed by atoms with van der Waals surface area (Å²) < 4.78 is 21.9. The van der Waals surface area contributed by atoms with Crippen molar-refractivity contribution in [2.24, 2.45) is 0 Å². The highest BCUT2D eigenvalue weighted by molar-refractivity contribution is 7.90. The number of carbonyl (C=O) groups excluding carboxylic acids is 1. The lowest BCUT2D eigenvalue weighted by Gasteiger charge is -2.05. The Morgan fingerprint density at radius 1 is 1.45 bits per heavy atom. The van der Waals surface area contributed by atoms with Gasteiger partial charge in [-0.2, -0.15) is 0 Å². The van der Waals surface area contributed by atoms with Crippen molar-refractivity contribution >= 4 is 27.3 Å². The monoisotopic (exact) mass is 315 g/mol. The van der Waals surface area contributed by atoms with E-state index in [4.69, 9.17) is 16.7 Å². The quantitative estimate of drug-likeness (QED) is 0.791. The summed E-state index contributed by atoms with van der Waals surface area (Å²) in [6, 6.07) is 4.54. The number of amides is 1. The first-order valence-corrected chi connectivity index (χ1v) is 8.12. The molecule has 0 bridgehead atoms. The Morgan fingerprint density at radius 3 is 2.70 bits per heavy atom. The Morgan fingerprint density at radius 2 is 2.15 bits per heavy atom. The van der Waals surface area contributed by atoms with Crippen LogP contribution in [0.3, 0.4) is 0 Å². The summed E-state index contributed by atoms with van der Waals surface area (Å²) in [6.07, 6.45) is 1.10. The SMILES string of the molecule is CS(=O)(=O)CCNC(=O)c1ccc(C#CCO)c(Cl)c1. The normalized spacial score (nSPS) is 10.6. The summed E-state index contributed by atoms with van der Waals surface area (Å²) >= 11 is 5.96. The second kappa shape index (κ2) is 7.29. The smallest absolute Gasteiger partial charge is 0.251 e. The fourth-order valence-corrected chi connectivity index (χ4v) is 2.05. The van der Waals surface area contributed by atoms with Gasteiger partial charge in [0.15, 0.2) is 0 Å². The molecule has 0 aliphatic carbocycles. The molecule has 1 aromatic carbocycles. The molecule has 0 aliphatic heterocycles. The van der Waals surface area contributed by atoms with Crippen molar-refractivity contribution in [2.75, 3.05) is 25.2 Å². The molecule has 1 aromatic rings. The zero-order valence-electron chi connectivity index (χ0n) is 10.8. The maximum atomic E-state index is 11.8. The Bertz CT molecular complexity index is 659. The molecular formula is C13H14ClNO4S. The summed E-state index contributed by atoms with van der Waals surface area (Å²) in [4.78, 5) is 11.8. The van der Waals surface area contributed by atoms with E-state index >= 15 is 0 Å². The molecular weight excluding hydrogens is 302 g/mol. The minimum atomic E-state index is -3.11. The Labute approximate surface area is 122 Å². The maximum absolute atomic E-state index is 11.8. The predicted molar refractivity (Wildman–Crippen MR) is 77.5 cm³/mol. The number of benzene rings is 1. The molecule has 5 nitrogen and oxygen atoms in total. The largest absolute Gasteiger partial charge is 0.384 e. The molecule has 0 spiro atoms. The minimum Gasteiger partial charge on any atom is -0.384 e. The van der Waals surface area contributed by atoms with Crippen LogP contribution in [0.25, 0.3) is 0 Å². The second-order valence-electron chi connectivity index (χ2n) is 4.04. The van der Waals surface area contributed by atoms with Gasteiger partial charge in [0, 0.05) is 23.9 Å². The lowest BCUT2D eigenvalue weighted by molar-refractivity contribution is 0.0956. The molecule has 0 heterocycles. The second-order valence-corrected chi connectivity index (χ2v) is 6.71. The van der Waals surface area contributed by atoms with Crippen LogP contribution in [-0.4, -0.2) is 44.6 Å². The molecule has 0 saturated carbocycles. The van der Waals surface area contributed by atoms with Crippen LogP contribution in [-0.2, 0) is 9.84 Å². The summed E-state index contributed by atoms with van der Waals surface area (Å²) in [5.41, 5.74) is 0.825. The first kappa shape index (κ1) is 16.5. The van der Waals surface area contributed by atoms with Gasteiger partial charge < -0.3 is 10.4 Å². The van der Waals surface area contributed by atoms with E-state index in [0.717, 1.165) is 6.26 Å². The predicted octanol–water partition coefficient (Wildman–Crippen LogP) is 0.458. The van der Waals surface area contributed by atoms with Crippen LogP contribution in [0.2, 0.25) is 5.02 Å². The lowest BCUT2D eigenvalue weighted by atomic mass is 10.1. The van der Waals surface area contributed by atoms with E-state index in [0.29, 0.717) is 16.1 Å². The van der Waals surface area contributed by atoms with Gasteiger partial charge in [-0.3, -0.25) is 4.79 Å². The topological polar surface area (TPSA) is 83.5 Å². The Balaban J connectivity index is 2.73. The summed E-state index contributed by atoms with van der Waals surface area (Å²) in [7, 11) is -3.11. The third-order valence-electron chi connectivity index (χ3n) is 2.29. The van der Waals surface area contributed by atoms with Crippen molar-refractivity contribution in [3.63, 3.8) is 0 Å². The first-order valence-electron chi connectivity index (χ1n) is 5.68. The number of halogens is 1. The number of carbonyl (C=O) groups is 1. The van der Waals surface area contributed by atoms with E-state index in [1.165, 1.54) is 12.1 Å². The molecule has 0 radical (unpaired) electrons. The molecule has 1 rings (SSSR count). The first-order chi connectivity index (χ1) is 9.33. The van der Waals surface area contributed by atoms with Crippen molar-refractivity contribution in [1.29, 1.82) is 0 Å². The van der Waals surface area contributed by atoms with Crippen molar-refractivity contribution < 1.29 is 18.3 Å². The van der Waals surface area contributed by atoms with Gasteiger partial charge >= 0.3 is 0 Å². The Hall–Kier alpha value is -1.55. The highest BCUT2D eigenvalue weighted by Crippen LogP contribution is 2.16. The molecule has 0 fully saturated rings. The molecule has 0 atom stereocenters. The molecule has 1 amide bonds. The van der Waals surface area contributed by atoms with Crippen LogP contribution >= 0.6 is 11.6 Å². The van der Waals surface area contributed by atoms with Gasteiger partial charge in [0.2, 0.25) is 0 Å². The van der Waals surface area contributed by atoms with Crippen LogP contribution < -0.4 is 5.32 Å². The van der Waals surface area contributed by atoms with Crippen LogP contribution in [0.15, 0.2) is 18.2 Å². The van der Waals surface area contributed by atoms with Crippen LogP contribution in [0, 0.1) is 11.8 Å². The standard InChI is InChI=1S/C13H14ClNO4S/c1-20(18,19)8-6-15-13(17)11-5-4-10(3-2-7-16)12(14)9-11/h4-5,9,16H,6-8H2,1H3,(H,15,17). The zero-order valence-corrected chi connectivity index (χ0v) is 12.4. The van der Waals surface area contributed by atoms with E-state index in [9.17, 15) is 13.2 Å². The number of aliphatic hydroxyl groups excluding tert-OH is 1. The lowest BCUT2D eigenvalue weighted by Crippen LogP contribution is -2.28. The van der Waals surface area contributed by atoms with Crippen molar-refractivity contribution in [1.82, 2.24) is 5.32 Å². The van der Waals surface area contributed by atoms with Crippen LogP contribution in [0.1, 0.15) is 15.9 Å². The highest BCUT2D eigenvalue weighted by atomic mass is 35.5. The summed E-state index contributed by atoms with van der Waals surface area (Å²) in [5.74, 6) is 4.58. The molecule has 2 N–H and O–H groups in total. The Kier molecular flexibility index (Phi) is 6.02. The molecule has 0 saturated heterocycles. The summed E-state index contributed by atoms with van der Waals surface area (Å²) in [6.45, 7) is -0.231.